The summed E-state index contributed by atoms with van der Waals surface area (Å²) >= 11 is 0. The molecule has 2 N–H and O–H groups in total. The van der Waals surface area contributed by atoms with E-state index < -0.39 is 29.6 Å². The van der Waals surface area contributed by atoms with Gasteiger partial charge in [-0.05, 0) is 30.5 Å². The Bertz CT molecular complexity index is 562. The first-order valence-electron chi connectivity index (χ1n) is 7.43. The van der Waals surface area contributed by atoms with Crippen LogP contribution in [0.25, 0.3) is 0 Å². The fourth-order valence-electron chi connectivity index (χ4n) is 2.87. The van der Waals surface area contributed by atoms with Crippen molar-refractivity contribution >= 4 is 11.9 Å². The number of hydrogen-bond acceptors (Lipinski definition) is 2. The zero-order chi connectivity index (χ0) is 16.1. The van der Waals surface area contributed by atoms with Gasteiger partial charge < -0.3 is 10.4 Å². The zero-order valence-electron chi connectivity index (χ0n) is 12.1. The third kappa shape index (κ3) is 4.26. The molecule has 6 heteroatoms. The van der Waals surface area contributed by atoms with Crippen molar-refractivity contribution in [3.63, 3.8) is 0 Å². The second kappa shape index (κ2) is 7.33. The van der Waals surface area contributed by atoms with E-state index in [0.717, 1.165) is 31.4 Å². The quantitative estimate of drug-likeness (QED) is 0.840. The third-order valence-electron chi connectivity index (χ3n) is 4.03. The van der Waals surface area contributed by atoms with E-state index in [9.17, 15) is 23.5 Å². The second-order valence-electron chi connectivity index (χ2n) is 5.68. The van der Waals surface area contributed by atoms with Crippen molar-refractivity contribution in [3.8, 4) is 0 Å². The van der Waals surface area contributed by atoms with E-state index in [1.807, 2.05) is 0 Å². The molecule has 1 aliphatic rings. The molecule has 0 heterocycles. The van der Waals surface area contributed by atoms with Gasteiger partial charge in [0.1, 0.15) is 0 Å². The monoisotopic (exact) mass is 311 g/mol. The Balaban J connectivity index is 1.99. The lowest BCUT2D eigenvalue weighted by atomic mass is 9.94. The lowest BCUT2D eigenvalue weighted by molar-refractivity contribution is -0.143. The smallest absolute Gasteiger partial charge is 0.308 e. The fourth-order valence-corrected chi connectivity index (χ4v) is 2.87. The average Bonchev–Trinajstić information content (AvgIpc) is 2.68. The first-order chi connectivity index (χ1) is 10.5. The number of carboxylic acid groups (broad SMARTS) is 1. The van der Waals surface area contributed by atoms with Crippen molar-refractivity contribution in [3.05, 3.63) is 35.4 Å². The van der Waals surface area contributed by atoms with Crippen molar-refractivity contribution in [2.24, 2.45) is 5.92 Å². The van der Waals surface area contributed by atoms with Crippen LogP contribution in [0.4, 0.5) is 8.78 Å². The van der Waals surface area contributed by atoms with E-state index >= 15 is 0 Å². The number of hydrogen-bond donors (Lipinski definition) is 2. The Morgan fingerprint density at radius 3 is 2.55 bits per heavy atom. The minimum absolute atomic E-state index is 0.0972. The standard InChI is InChI=1S/C16H19F2NO3/c17-12-7-6-10(8-13(12)18)9-15(20)19-14-5-3-1-2-4-11(14)16(21)22/h6-8,11,14H,1-5,9H2,(H,19,20)(H,21,22)/t11-,14+/m1/s1. The Morgan fingerprint density at radius 1 is 1.14 bits per heavy atom. The fraction of sp³-hybridized carbons (Fsp3) is 0.500. The van der Waals surface area contributed by atoms with Crippen LogP contribution in [0.15, 0.2) is 18.2 Å². The first kappa shape index (κ1) is 16.4. The van der Waals surface area contributed by atoms with Crippen LogP contribution in [0.5, 0.6) is 0 Å². The molecule has 22 heavy (non-hydrogen) atoms. The number of rotatable bonds is 4. The Hall–Kier alpha value is -1.98. The van der Waals surface area contributed by atoms with Gasteiger partial charge in [-0.1, -0.05) is 25.3 Å². The van der Waals surface area contributed by atoms with Gasteiger partial charge in [-0.3, -0.25) is 9.59 Å². The average molecular weight is 311 g/mol. The van der Waals surface area contributed by atoms with Gasteiger partial charge >= 0.3 is 5.97 Å². The van der Waals surface area contributed by atoms with Gasteiger partial charge in [0.25, 0.3) is 0 Å². The largest absolute Gasteiger partial charge is 0.481 e. The summed E-state index contributed by atoms with van der Waals surface area (Å²) in [4.78, 5) is 23.3. The summed E-state index contributed by atoms with van der Waals surface area (Å²) in [6.07, 6.45) is 3.75. The minimum atomic E-state index is -0.997. The summed E-state index contributed by atoms with van der Waals surface area (Å²) < 4.78 is 26.0. The van der Waals surface area contributed by atoms with Gasteiger partial charge in [0.05, 0.1) is 12.3 Å². The minimum Gasteiger partial charge on any atom is -0.481 e. The van der Waals surface area contributed by atoms with Crippen molar-refractivity contribution in [2.45, 2.75) is 44.6 Å². The molecule has 120 valence electrons. The summed E-state index contributed by atoms with van der Waals surface area (Å²) in [7, 11) is 0. The van der Waals surface area contributed by atoms with Crippen molar-refractivity contribution in [1.82, 2.24) is 5.32 Å². The van der Waals surface area contributed by atoms with Gasteiger partial charge in [-0.25, -0.2) is 8.78 Å². The topological polar surface area (TPSA) is 66.4 Å². The van der Waals surface area contributed by atoms with E-state index in [2.05, 4.69) is 5.32 Å². The molecule has 0 aliphatic heterocycles. The molecule has 1 amide bonds. The van der Waals surface area contributed by atoms with Crippen LogP contribution in [0.3, 0.4) is 0 Å². The maximum Gasteiger partial charge on any atom is 0.308 e. The number of amides is 1. The van der Waals surface area contributed by atoms with Crippen LogP contribution < -0.4 is 5.32 Å². The van der Waals surface area contributed by atoms with Crippen LogP contribution in [0.2, 0.25) is 0 Å². The lowest BCUT2D eigenvalue weighted by Crippen LogP contribution is -2.43. The molecule has 1 aliphatic carbocycles. The van der Waals surface area contributed by atoms with Gasteiger partial charge in [0, 0.05) is 6.04 Å². The maximum absolute atomic E-state index is 13.1. The van der Waals surface area contributed by atoms with Crippen LogP contribution >= 0.6 is 0 Å². The third-order valence-corrected chi connectivity index (χ3v) is 4.03. The van der Waals surface area contributed by atoms with Gasteiger partial charge in [-0.15, -0.1) is 0 Å². The van der Waals surface area contributed by atoms with E-state index in [-0.39, 0.29) is 12.3 Å². The predicted octanol–water partition coefficient (Wildman–Crippen LogP) is 2.66. The molecule has 4 nitrogen and oxygen atoms in total. The molecular weight excluding hydrogens is 292 g/mol. The number of halogens is 2. The zero-order valence-corrected chi connectivity index (χ0v) is 12.1. The highest BCUT2D eigenvalue weighted by molar-refractivity contribution is 5.80. The molecule has 1 fully saturated rings. The van der Waals surface area contributed by atoms with Crippen molar-refractivity contribution < 1.29 is 23.5 Å². The Labute approximate surface area is 127 Å². The second-order valence-corrected chi connectivity index (χ2v) is 5.68. The van der Waals surface area contributed by atoms with Crippen LogP contribution in [0, 0.1) is 17.6 Å². The van der Waals surface area contributed by atoms with E-state index in [4.69, 9.17) is 0 Å². The molecule has 0 radical (unpaired) electrons. The molecule has 2 atom stereocenters. The summed E-state index contributed by atoms with van der Waals surface area (Å²) in [6, 6.07) is 2.90. The molecule has 2 rings (SSSR count). The number of carboxylic acids is 1. The summed E-state index contributed by atoms with van der Waals surface area (Å²) in [5.74, 6) is -3.82. The number of carbonyl (C=O) groups is 2. The Kier molecular flexibility index (Phi) is 5.46. The summed E-state index contributed by atoms with van der Waals surface area (Å²) in [5.41, 5.74) is 0.358. The number of aliphatic carboxylic acids is 1. The summed E-state index contributed by atoms with van der Waals surface area (Å²) in [6.45, 7) is 0. The number of benzene rings is 1. The van der Waals surface area contributed by atoms with Crippen LogP contribution in [0.1, 0.15) is 37.7 Å². The molecule has 1 saturated carbocycles. The van der Waals surface area contributed by atoms with Gasteiger partial charge in [0.2, 0.25) is 5.91 Å². The molecule has 0 unspecified atom stereocenters. The highest BCUT2D eigenvalue weighted by Crippen LogP contribution is 2.24. The SMILES string of the molecule is O=C(Cc1ccc(F)c(F)c1)N[C@H]1CCCCC[C@H]1C(=O)O. The van der Waals surface area contributed by atoms with Gasteiger partial charge in [-0.2, -0.15) is 0 Å². The molecule has 0 saturated heterocycles. The first-order valence-corrected chi connectivity index (χ1v) is 7.43. The van der Waals surface area contributed by atoms with Crippen molar-refractivity contribution in [2.75, 3.05) is 0 Å². The maximum atomic E-state index is 13.1. The molecular formula is C16H19F2NO3. The molecule has 0 aromatic heterocycles. The van der Waals surface area contributed by atoms with E-state index in [1.165, 1.54) is 6.07 Å². The molecule has 0 spiro atoms. The Morgan fingerprint density at radius 2 is 1.86 bits per heavy atom. The van der Waals surface area contributed by atoms with Crippen LogP contribution in [-0.4, -0.2) is 23.0 Å². The molecule has 1 aromatic carbocycles. The van der Waals surface area contributed by atoms with Crippen molar-refractivity contribution in [1.29, 1.82) is 0 Å². The van der Waals surface area contributed by atoms with Crippen LogP contribution in [-0.2, 0) is 16.0 Å². The van der Waals surface area contributed by atoms with Gasteiger partial charge in [0.15, 0.2) is 11.6 Å². The van der Waals surface area contributed by atoms with E-state index in [1.54, 1.807) is 0 Å². The lowest BCUT2D eigenvalue weighted by Gasteiger charge is -2.22. The number of carbonyl (C=O) groups excluding carboxylic acids is 1. The number of nitrogens with one attached hydrogen (secondary N) is 1. The molecule has 1 aromatic rings. The predicted molar refractivity (Wildman–Crippen MR) is 76.2 cm³/mol. The van der Waals surface area contributed by atoms with E-state index in [0.29, 0.717) is 18.4 Å². The summed E-state index contributed by atoms with van der Waals surface area (Å²) in [5, 5.41) is 12.0. The highest BCUT2D eigenvalue weighted by atomic mass is 19.2. The highest BCUT2D eigenvalue weighted by Gasteiger charge is 2.30. The molecule has 0 bridgehead atoms. The normalized spacial score (nSPS) is 21.9.